The molecule has 0 aliphatic carbocycles. The van der Waals surface area contributed by atoms with Crippen molar-refractivity contribution in [1.29, 1.82) is 0 Å². The fraction of sp³-hybridized carbons (Fsp3) is 0.556. The molecule has 8 heteroatoms. The first kappa shape index (κ1) is 22.2. The molecule has 0 fully saturated rings. The van der Waals surface area contributed by atoms with E-state index >= 15 is 0 Å². The van der Waals surface area contributed by atoms with Crippen molar-refractivity contribution < 1.29 is 14.3 Å². The minimum absolute atomic E-state index is 0.0440. The summed E-state index contributed by atoms with van der Waals surface area (Å²) in [5.74, 6) is 1.44. The molecule has 7 nitrogen and oxygen atoms in total. The molecular weight excluding hydrogens is 400 g/mol. The van der Waals surface area contributed by atoms with Crippen molar-refractivity contribution in [3.05, 3.63) is 28.2 Å². The fourth-order valence-electron chi connectivity index (χ4n) is 2.14. The van der Waals surface area contributed by atoms with Gasteiger partial charge in [-0.3, -0.25) is 4.79 Å². The van der Waals surface area contributed by atoms with Gasteiger partial charge in [0.2, 0.25) is 5.91 Å². The van der Waals surface area contributed by atoms with Crippen LogP contribution in [-0.2, 0) is 16.0 Å². The number of amides is 1. The molecule has 146 valence electrons. The number of methoxy groups -OCH3 is 2. The fourth-order valence-corrected chi connectivity index (χ4v) is 2.48. The summed E-state index contributed by atoms with van der Waals surface area (Å²) in [4.78, 5) is 17.6. The van der Waals surface area contributed by atoms with Gasteiger partial charge in [-0.2, -0.15) is 0 Å². The van der Waals surface area contributed by atoms with Gasteiger partial charge in [-0.1, -0.05) is 22.0 Å². The third kappa shape index (κ3) is 8.53. The lowest BCUT2D eigenvalue weighted by Crippen LogP contribution is -2.40. The molecular formula is C18H29BrN4O3. The molecule has 0 radical (unpaired) electrons. The van der Waals surface area contributed by atoms with Gasteiger partial charge in [0.15, 0.2) is 5.96 Å². The van der Waals surface area contributed by atoms with E-state index in [1.807, 2.05) is 12.1 Å². The summed E-state index contributed by atoms with van der Waals surface area (Å²) in [5, 5.41) is 6.41. The number of guanidine groups is 1. The third-order valence-electron chi connectivity index (χ3n) is 3.63. The summed E-state index contributed by atoms with van der Waals surface area (Å²) in [6.07, 6.45) is 1.79. The van der Waals surface area contributed by atoms with Crippen molar-refractivity contribution in [3.8, 4) is 5.75 Å². The van der Waals surface area contributed by atoms with Gasteiger partial charge in [0.05, 0.1) is 13.7 Å². The Morgan fingerprint density at radius 1 is 1.23 bits per heavy atom. The maximum Gasteiger partial charge on any atom is 0.243 e. The summed E-state index contributed by atoms with van der Waals surface area (Å²) < 4.78 is 11.4. The molecule has 0 unspecified atom stereocenters. The van der Waals surface area contributed by atoms with Crippen molar-refractivity contribution in [1.82, 2.24) is 15.5 Å². The SMILES string of the molecule is COCCNC(=NCC(=O)N(C)C)NCCCc1ccc(Br)cc1OC. The van der Waals surface area contributed by atoms with Crippen molar-refractivity contribution in [2.24, 2.45) is 4.99 Å². The number of carbonyl (C=O) groups is 1. The van der Waals surface area contributed by atoms with Crippen molar-refractivity contribution in [3.63, 3.8) is 0 Å². The Kier molecular flexibility index (Phi) is 10.7. The zero-order chi connectivity index (χ0) is 19.4. The van der Waals surface area contributed by atoms with Gasteiger partial charge in [0, 0.05) is 38.8 Å². The first-order valence-electron chi connectivity index (χ1n) is 8.51. The molecule has 0 heterocycles. The van der Waals surface area contributed by atoms with E-state index in [4.69, 9.17) is 9.47 Å². The van der Waals surface area contributed by atoms with Gasteiger partial charge >= 0.3 is 0 Å². The number of likely N-dealkylation sites (N-methyl/N-ethyl adjacent to an activating group) is 1. The minimum atomic E-state index is -0.0440. The van der Waals surface area contributed by atoms with Crippen molar-refractivity contribution >= 4 is 27.8 Å². The van der Waals surface area contributed by atoms with E-state index in [0.717, 1.165) is 35.2 Å². The smallest absolute Gasteiger partial charge is 0.243 e. The average Bonchev–Trinajstić information content (AvgIpc) is 2.63. The van der Waals surface area contributed by atoms with Crippen LogP contribution in [0.3, 0.4) is 0 Å². The lowest BCUT2D eigenvalue weighted by molar-refractivity contribution is -0.127. The van der Waals surface area contributed by atoms with Crippen LogP contribution in [0.2, 0.25) is 0 Å². The van der Waals surface area contributed by atoms with Crippen LogP contribution in [0.1, 0.15) is 12.0 Å². The molecule has 1 amide bonds. The second-order valence-electron chi connectivity index (χ2n) is 5.86. The number of nitrogens with one attached hydrogen (secondary N) is 2. The van der Waals surface area contributed by atoms with Crippen molar-refractivity contribution in [2.75, 3.05) is 54.6 Å². The monoisotopic (exact) mass is 428 g/mol. The number of rotatable bonds is 10. The molecule has 0 saturated heterocycles. The Labute approximate surface area is 164 Å². The second-order valence-corrected chi connectivity index (χ2v) is 6.77. The number of nitrogens with zero attached hydrogens (tertiary/aromatic N) is 2. The number of benzene rings is 1. The zero-order valence-corrected chi connectivity index (χ0v) is 17.6. The molecule has 0 aliphatic rings. The summed E-state index contributed by atoms with van der Waals surface area (Å²) in [6.45, 7) is 2.03. The van der Waals surface area contributed by atoms with Gasteiger partial charge in [0.1, 0.15) is 12.3 Å². The Morgan fingerprint density at radius 3 is 2.62 bits per heavy atom. The summed E-state index contributed by atoms with van der Waals surface area (Å²) in [6, 6.07) is 6.04. The van der Waals surface area contributed by atoms with E-state index in [0.29, 0.717) is 19.1 Å². The van der Waals surface area contributed by atoms with E-state index in [1.54, 1.807) is 28.3 Å². The molecule has 0 bridgehead atoms. The Hall–Kier alpha value is -1.80. The predicted octanol–water partition coefficient (Wildman–Crippen LogP) is 1.66. The van der Waals surface area contributed by atoms with Gasteiger partial charge < -0.3 is 25.0 Å². The largest absolute Gasteiger partial charge is 0.496 e. The number of carbonyl (C=O) groups excluding carboxylic acids is 1. The lowest BCUT2D eigenvalue weighted by atomic mass is 10.1. The molecule has 1 aromatic carbocycles. The number of aryl methyl sites for hydroxylation is 1. The molecule has 26 heavy (non-hydrogen) atoms. The summed E-state index contributed by atoms with van der Waals surface area (Å²) in [7, 11) is 6.76. The van der Waals surface area contributed by atoms with Crippen LogP contribution in [0, 0.1) is 0 Å². The second kappa shape index (κ2) is 12.5. The van der Waals surface area contributed by atoms with E-state index in [1.165, 1.54) is 4.90 Å². The zero-order valence-electron chi connectivity index (χ0n) is 16.0. The Balaban J connectivity index is 2.52. The first-order valence-corrected chi connectivity index (χ1v) is 9.31. The van der Waals surface area contributed by atoms with Crippen LogP contribution < -0.4 is 15.4 Å². The molecule has 2 N–H and O–H groups in total. The Morgan fingerprint density at radius 2 is 1.96 bits per heavy atom. The van der Waals surface area contributed by atoms with E-state index in [2.05, 4.69) is 37.6 Å². The quantitative estimate of drug-likeness (QED) is 0.336. The highest BCUT2D eigenvalue weighted by atomic mass is 79.9. The molecule has 0 atom stereocenters. The van der Waals surface area contributed by atoms with Crippen LogP contribution >= 0.6 is 15.9 Å². The van der Waals surface area contributed by atoms with Gasteiger partial charge in [0.25, 0.3) is 0 Å². The highest BCUT2D eigenvalue weighted by Gasteiger charge is 2.06. The summed E-state index contributed by atoms with van der Waals surface area (Å²) in [5.41, 5.74) is 1.16. The number of halogens is 1. The first-order chi connectivity index (χ1) is 12.5. The van der Waals surface area contributed by atoms with Crippen LogP contribution in [0.5, 0.6) is 5.75 Å². The third-order valence-corrected chi connectivity index (χ3v) is 4.13. The van der Waals surface area contributed by atoms with Gasteiger partial charge in [-0.05, 0) is 30.5 Å². The normalized spacial score (nSPS) is 11.2. The molecule has 0 saturated carbocycles. The van der Waals surface area contributed by atoms with Crippen LogP contribution in [-0.4, -0.2) is 71.3 Å². The molecule has 1 aromatic rings. The van der Waals surface area contributed by atoms with E-state index < -0.39 is 0 Å². The lowest BCUT2D eigenvalue weighted by Gasteiger charge is -2.14. The number of hydrogen-bond acceptors (Lipinski definition) is 4. The van der Waals surface area contributed by atoms with Gasteiger partial charge in [-0.25, -0.2) is 4.99 Å². The van der Waals surface area contributed by atoms with Gasteiger partial charge in [-0.15, -0.1) is 0 Å². The maximum atomic E-state index is 11.7. The standard InChI is InChI=1S/C18H29BrN4O3/c1-23(2)17(24)13-22-18(21-10-11-25-3)20-9-5-6-14-7-8-15(19)12-16(14)26-4/h7-8,12H,5-6,9-11,13H2,1-4H3,(H2,20,21,22). The predicted molar refractivity (Wildman–Crippen MR) is 108 cm³/mol. The average molecular weight is 429 g/mol. The molecule has 0 aliphatic heterocycles. The number of hydrogen-bond donors (Lipinski definition) is 2. The Bertz CT molecular complexity index is 594. The van der Waals surface area contributed by atoms with Crippen LogP contribution in [0.15, 0.2) is 27.7 Å². The molecule has 0 aromatic heterocycles. The highest BCUT2D eigenvalue weighted by Crippen LogP contribution is 2.24. The summed E-state index contributed by atoms with van der Waals surface area (Å²) >= 11 is 3.45. The molecule has 1 rings (SSSR count). The minimum Gasteiger partial charge on any atom is -0.496 e. The molecule has 0 spiro atoms. The maximum absolute atomic E-state index is 11.7. The highest BCUT2D eigenvalue weighted by molar-refractivity contribution is 9.10. The van der Waals surface area contributed by atoms with Crippen LogP contribution in [0.4, 0.5) is 0 Å². The number of ether oxygens (including phenoxy) is 2. The topological polar surface area (TPSA) is 75.2 Å². The number of aliphatic imine (C=N–C) groups is 1. The van der Waals surface area contributed by atoms with Crippen LogP contribution in [0.25, 0.3) is 0 Å². The van der Waals surface area contributed by atoms with Crippen molar-refractivity contribution in [2.45, 2.75) is 12.8 Å². The van der Waals surface area contributed by atoms with E-state index in [-0.39, 0.29) is 12.5 Å². The van der Waals surface area contributed by atoms with E-state index in [9.17, 15) is 4.79 Å².